The highest BCUT2D eigenvalue weighted by atomic mass is 32.1. The molecule has 9 heteroatoms. The number of nitrogen functional groups attached to an aromatic ring is 1. The molecule has 8 nitrogen and oxygen atoms in total. The van der Waals surface area contributed by atoms with Crippen LogP contribution in [0.1, 0.15) is 10.4 Å². The molecule has 0 bridgehead atoms. The molecule has 0 radical (unpaired) electrons. The summed E-state index contributed by atoms with van der Waals surface area (Å²) in [6.45, 7) is 0.236. The first-order valence-corrected chi connectivity index (χ1v) is 7.51. The molecule has 3 amide bonds. The third kappa shape index (κ3) is 5.40. The summed E-state index contributed by atoms with van der Waals surface area (Å²) in [5.41, 5.74) is 6.27. The first-order valence-electron chi connectivity index (χ1n) is 6.69. The van der Waals surface area contributed by atoms with Crippen molar-refractivity contribution >= 4 is 34.1 Å². The average Bonchev–Trinajstić information content (AvgIpc) is 3.00. The Morgan fingerprint density at radius 1 is 1.17 bits per heavy atom. The summed E-state index contributed by atoms with van der Waals surface area (Å²) >= 11 is 1.18. The van der Waals surface area contributed by atoms with E-state index >= 15 is 0 Å². The molecular weight excluding hydrogens is 316 g/mol. The van der Waals surface area contributed by atoms with Crippen molar-refractivity contribution in [3.8, 4) is 0 Å². The summed E-state index contributed by atoms with van der Waals surface area (Å²) in [5.74, 6) is -0.355. The number of amides is 3. The molecule has 0 saturated carbocycles. The maximum atomic E-state index is 11.7. The van der Waals surface area contributed by atoms with E-state index in [-0.39, 0.29) is 18.3 Å². The molecule has 0 aromatic carbocycles. The summed E-state index contributed by atoms with van der Waals surface area (Å²) in [4.78, 5) is 27.8. The lowest BCUT2D eigenvalue weighted by atomic mass is 10.3. The molecule has 2 rings (SSSR count). The second-order valence-electron chi connectivity index (χ2n) is 4.52. The molecule has 0 aliphatic heterocycles. The van der Waals surface area contributed by atoms with Gasteiger partial charge in [-0.05, 0) is 29.8 Å². The van der Waals surface area contributed by atoms with Crippen molar-refractivity contribution in [3.05, 3.63) is 47.1 Å². The van der Waals surface area contributed by atoms with Gasteiger partial charge in [-0.1, -0.05) is 0 Å². The predicted molar refractivity (Wildman–Crippen MR) is 88.4 cm³/mol. The minimum atomic E-state index is -0.499. The quantitative estimate of drug-likeness (QED) is 0.396. The molecular formula is C14H16N6O2S. The van der Waals surface area contributed by atoms with Crippen molar-refractivity contribution in [3.63, 3.8) is 0 Å². The van der Waals surface area contributed by atoms with Gasteiger partial charge in [0.15, 0.2) is 0 Å². The summed E-state index contributed by atoms with van der Waals surface area (Å²) in [7, 11) is 0. The molecule has 23 heavy (non-hydrogen) atoms. The zero-order valence-electron chi connectivity index (χ0n) is 12.1. The van der Waals surface area contributed by atoms with Crippen LogP contribution in [0.5, 0.6) is 0 Å². The monoisotopic (exact) mass is 332 g/mol. The Morgan fingerprint density at radius 2 is 1.91 bits per heavy atom. The zero-order valence-corrected chi connectivity index (χ0v) is 12.9. The molecule has 0 saturated heterocycles. The highest BCUT2D eigenvalue weighted by Gasteiger charge is 2.08. The van der Waals surface area contributed by atoms with Gasteiger partial charge in [-0.15, -0.1) is 11.3 Å². The molecule has 2 aromatic heterocycles. The maximum absolute atomic E-state index is 11.7. The lowest BCUT2D eigenvalue weighted by molar-refractivity contribution is -0.120. The number of hydrogen-bond acceptors (Lipinski definition) is 5. The number of hydrogen-bond donors (Lipinski definition) is 5. The van der Waals surface area contributed by atoms with Gasteiger partial charge in [0.05, 0.1) is 16.4 Å². The molecule has 2 heterocycles. The largest absolute Gasteiger partial charge is 0.383 e. The third-order valence-electron chi connectivity index (χ3n) is 2.76. The Hall–Kier alpha value is -2.94. The van der Waals surface area contributed by atoms with Crippen LogP contribution in [0.3, 0.4) is 0 Å². The van der Waals surface area contributed by atoms with E-state index in [0.717, 1.165) is 5.56 Å². The lowest BCUT2D eigenvalue weighted by Crippen LogP contribution is -2.38. The molecule has 0 aliphatic carbocycles. The fourth-order valence-electron chi connectivity index (χ4n) is 1.63. The number of pyridine rings is 1. The number of carbonyl (C=O) groups excluding carboxylic acids is 2. The topological polar surface area (TPSA) is 133 Å². The van der Waals surface area contributed by atoms with E-state index < -0.39 is 6.03 Å². The van der Waals surface area contributed by atoms with Crippen molar-refractivity contribution in [1.82, 2.24) is 15.6 Å². The van der Waals surface area contributed by atoms with Crippen molar-refractivity contribution in [2.45, 2.75) is 6.54 Å². The van der Waals surface area contributed by atoms with Crippen LogP contribution < -0.4 is 21.7 Å². The smallest absolute Gasteiger partial charge is 0.320 e. The van der Waals surface area contributed by atoms with Gasteiger partial charge in [0.1, 0.15) is 5.84 Å². The van der Waals surface area contributed by atoms with Crippen molar-refractivity contribution in [2.24, 2.45) is 5.73 Å². The normalized spacial score (nSPS) is 9.91. The van der Waals surface area contributed by atoms with E-state index in [1.165, 1.54) is 11.3 Å². The van der Waals surface area contributed by atoms with Crippen LogP contribution in [0, 0.1) is 5.41 Å². The fourth-order valence-corrected chi connectivity index (χ4v) is 2.39. The van der Waals surface area contributed by atoms with Gasteiger partial charge in [0.2, 0.25) is 5.91 Å². The first-order chi connectivity index (χ1) is 11.0. The highest BCUT2D eigenvalue weighted by Crippen LogP contribution is 2.20. The van der Waals surface area contributed by atoms with Crippen molar-refractivity contribution in [1.29, 1.82) is 5.41 Å². The van der Waals surface area contributed by atoms with E-state index in [9.17, 15) is 9.59 Å². The molecule has 120 valence electrons. The minimum absolute atomic E-state index is 0.0565. The number of amidine groups is 1. The van der Waals surface area contributed by atoms with Gasteiger partial charge in [0, 0.05) is 18.9 Å². The minimum Gasteiger partial charge on any atom is -0.383 e. The lowest BCUT2D eigenvalue weighted by Gasteiger charge is -2.07. The van der Waals surface area contributed by atoms with Crippen LogP contribution in [0.4, 0.5) is 9.80 Å². The van der Waals surface area contributed by atoms with Crippen molar-refractivity contribution in [2.75, 3.05) is 11.9 Å². The first kappa shape index (κ1) is 16.4. The zero-order chi connectivity index (χ0) is 16.7. The Labute approximate surface area is 136 Å². The average molecular weight is 332 g/mol. The van der Waals surface area contributed by atoms with Crippen LogP contribution in [-0.4, -0.2) is 29.3 Å². The van der Waals surface area contributed by atoms with Crippen LogP contribution >= 0.6 is 11.3 Å². The second-order valence-corrected chi connectivity index (χ2v) is 5.60. The number of urea groups is 1. The summed E-state index contributed by atoms with van der Waals surface area (Å²) in [6, 6.07) is 6.38. The molecule has 6 N–H and O–H groups in total. The van der Waals surface area contributed by atoms with Crippen LogP contribution in [0.2, 0.25) is 0 Å². The number of carbonyl (C=O) groups is 2. The van der Waals surface area contributed by atoms with E-state index in [1.807, 2.05) is 0 Å². The Balaban J connectivity index is 1.71. The van der Waals surface area contributed by atoms with Gasteiger partial charge in [-0.3, -0.25) is 20.5 Å². The number of anilines is 1. The van der Waals surface area contributed by atoms with Crippen LogP contribution in [0.15, 0.2) is 36.7 Å². The molecule has 0 unspecified atom stereocenters. The number of nitrogens with one attached hydrogen (secondary N) is 4. The summed E-state index contributed by atoms with van der Waals surface area (Å²) < 4.78 is 0. The van der Waals surface area contributed by atoms with Gasteiger partial charge < -0.3 is 16.4 Å². The van der Waals surface area contributed by atoms with E-state index in [2.05, 4.69) is 20.9 Å². The van der Waals surface area contributed by atoms with E-state index in [0.29, 0.717) is 16.4 Å². The third-order valence-corrected chi connectivity index (χ3v) is 3.79. The summed E-state index contributed by atoms with van der Waals surface area (Å²) in [5, 5.41) is 15.5. The standard InChI is InChI=1S/C14H16N6O2S/c15-13(16)10-1-2-12(23-10)20-14(22)19-8-11(21)18-7-9-3-5-17-6-4-9/h1-6H,7-8H2,(H3,15,16)(H,18,21)(H2,19,20,22). The SMILES string of the molecule is N=C(N)c1ccc(NC(=O)NCC(=O)NCc2ccncc2)s1. The number of rotatable bonds is 6. The van der Waals surface area contributed by atoms with E-state index in [1.54, 1.807) is 36.7 Å². The second kappa shape index (κ2) is 7.90. The van der Waals surface area contributed by atoms with Crippen molar-refractivity contribution < 1.29 is 9.59 Å². The van der Waals surface area contributed by atoms with Gasteiger partial charge in [0.25, 0.3) is 0 Å². The van der Waals surface area contributed by atoms with Gasteiger partial charge in [-0.25, -0.2) is 4.79 Å². The maximum Gasteiger partial charge on any atom is 0.320 e. The molecule has 2 aromatic rings. The Kier molecular flexibility index (Phi) is 5.64. The molecule has 0 aliphatic rings. The molecule has 0 atom stereocenters. The predicted octanol–water partition coefficient (Wildman–Crippen LogP) is 0.865. The number of nitrogens with two attached hydrogens (primary N) is 1. The number of aromatic nitrogens is 1. The Bertz CT molecular complexity index is 700. The Morgan fingerprint density at radius 3 is 2.57 bits per heavy atom. The number of nitrogens with zero attached hydrogens (tertiary/aromatic N) is 1. The van der Waals surface area contributed by atoms with Crippen LogP contribution in [-0.2, 0) is 11.3 Å². The van der Waals surface area contributed by atoms with Gasteiger partial charge >= 0.3 is 6.03 Å². The number of thiophene rings is 1. The molecule has 0 spiro atoms. The van der Waals surface area contributed by atoms with Crippen LogP contribution in [0.25, 0.3) is 0 Å². The molecule has 0 fully saturated rings. The summed E-state index contributed by atoms with van der Waals surface area (Å²) in [6.07, 6.45) is 3.28. The fraction of sp³-hybridized carbons (Fsp3) is 0.143. The van der Waals surface area contributed by atoms with Gasteiger partial charge in [-0.2, -0.15) is 0 Å². The van der Waals surface area contributed by atoms with E-state index in [4.69, 9.17) is 11.1 Å². The highest BCUT2D eigenvalue weighted by molar-refractivity contribution is 7.18.